The predicted octanol–water partition coefficient (Wildman–Crippen LogP) is 1.62. The van der Waals surface area contributed by atoms with Gasteiger partial charge in [-0.05, 0) is 19.1 Å². The summed E-state index contributed by atoms with van der Waals surface area (Å²) in [6.45, 7) is 2.89. The molecule has 2 aromatic rings. The van der Waals surface area contributed by atoms with Crippen molar-refractivity contribution in [3.05, 3.63) is 30.6 Å². The van der Waals surface area contributed by atoms with Gasteiger partial charge >= 0.3 is 0 Å². The molecular weight excluding hydrogens is 190 g/mol. The van der Waals surface area contributed by atoms with Crippen LogP contribution in [0.25, 0.3) is 0 Å². The monoisotopic (exact) mass is 203 g/mol. The molecule has 0 aliphatic heterocycles. The first kappa shape index (κ1) is 9.51. The Bertz CT molecular complexity index is 449. The third-order valence-electron chi connectivity index (χ3n) is 2.00. The zero-order valence-electron chi connectivity index (χ0n) is 8.51. The number of nitrogens with two attached hydrogens (primary N) is 1. The smallest absolute Gasteiger partial charge is 0.132 e. The Morgan fingerprint density at radius 1 is 1.47 bits per heavy atom. The van der Waals surface area contributed by atoms with Gasteiger partial charge in [-0.3, -0.25) is 4.68 Å². The van der Waals surface area contributed by atoms with Crippen LogP contribution in [0.15, 0.2) is 30.6 Å². The number of anilines is 3. The van der Waals surface area contributed by atoms with Crippen molar-refractivity contribution in [1.82, 2.24) is 14.8 Å². The van der Waals surface area contributed by atoms with Crippen molar-refractivity contribution >= 4 is 17.3 Å². The summed E-state index contributed by atoms with van der Waals surface area (Å²) in [6.07, 6.45) is 3.68. The van der Waals surface area contributed by atoms with E-state index in [2.05, 4.69) is 15.4 Å². The van der Waals surface area contributed by atoms with E-state index in [1.54, 1.807) is 12.3 Å². The van der Waals surface area contributed by atoms with Gasteiger partial charge in [-0.15, -0.1) is 0 Å². The lowest BCUT2D eigenvalue weighted by molar-refractivity contribution is 0.660. The molecule has 0 bridgehead atoms. The van der Waals surface area contributed by atoms with E-state index >= 15 is 0 Å². The van der Waals surface area contributed by atoms with Crippen LogP contribution in [-0.4, -0.2) is 14.8 Å². The number of aromatic nitrogens is 3. The zero-order valence-corrected chi connectivity index (χ0v) is 8.51. The number of pyridine rings is 1. The molecular formula is C10H13N5. The minimum atomic E-state index is 0.503. The van der Waals surface area contributed by atoms with Gasteiger partial charge in [0.15, 0.2) is 0 Å². The minimum absolute atomic E-state index is 0.503. The summed E-state index contributed by atoms with van der Waals surface area (Å²) in [4.78, 5) is 4.13. The lowest BCUT2D eigenvalue weighted by Gasteiger charge is -2.02. The summed E-state index contributed by atoms with van der Waals surface area (Å²) < 4.78 is 1.84. The topological polar surface area (TPSA) is 68.8 Å². The number of nitrogens with zero attached hydrogens (tertiary/aromatic N) is 3. The van der Waals surface area contributed by atoms with Crippen LogP contribution in [0.3, 0.4) is 0 Å². The van der Waals surface area contributed by atoms with E-state index in [1.165, 1.54) is 0 Å². The second-order valence-corrected chi connectivity index (χ2v) is 3.16. The van der Waals surface area contributed by atoms with Gasteiger partial charge in [-0.1, -0.05) is 6.07 Å². The van der Waals surface area contributed by atoms with Crippen molar-refractivity contribution in [2.24, 2.45) is 0 Å². The highest BCUT2D eigenvalue weighted by molar-refractivity contribution is 5.55. The predicted molar refractivity (Wildman–Crippen MR) is 59.8 cm³/mol. The standard InChI is InChI=1S/C10H13N5/c1-2-15-7-8(6-12-15)13-10-5-3-4-9(11)14-10/h3-7H,2H2,1H3,(H3,11,13,14). The van der Waals surface area contributed by atoms with Gasteiger partial charge in [-0.2, -0.15) is 5.10 Å². The van der Waals surface area contributed by atoms with E-state index < -0.39 is 0 Å². The molecule has 0 spiro atoms. The van der Waals surface area contributed by atoms with Crippen molar-refractivity contribution in [3.8, 4) is 0 Å². The van der Waals surface area contributed by atoms with Gasteiger partial charge in [0.1, 0.15) is 11.6 Å². The first-order valence-electron chi connectivity index (χ1n) is 4.80. The number of aryl methyl sites for hydroxylation is 1. The van der Waals surface area contributed by atoms with Gasteiger partial charge in [0, 0.05) is 12.7 Å². The molecule has 2 aromatic heterocycles. The third-order valence-corrected chi connectivity index (χ3v) is 2.00. The SMILES string of the molecule is CCn1cc(Nc2cccc(N)n2)cn1. The maximum absolute atomic E-state index is 5.57. The quantitative estimate of drug-likeness (QED) is 0.795. The molecule has 0 aromatic carbocycles. The molecule has 0 fully saturated rings. The summed E-state index contributed by atoms with van der Waals surface area (Å²) in [6, 6.07) is 5.47. The summed E-state index contributed by atoms with van der Waals surface area (Å²) in [5.41, 5.74) is 6.48. The first-order chi connectivity index (χ1) is 7.28. The first-order valence-corrected chi connectivity index (χ1v) is 4.80. The summed E-state index contributed by atoms with van der Waals surface area (Å²) in [5, 5.41) is 7.27. The highest BCUT2D eigenvalue weighted by atomic mass is 15.3. The Balaban J connectivity index is 2.14. The molecule has 0 aliphatic carbocycles. The van der Waals surface area contributed by atoms with Crippen molar-refractivity contribution in [2.75, 3.05) is 11.1 Å². The Morgan fingerprint density at radius 2 is 2.33 bits per heavy atom. The van der Waals surface area contributed by atoms with Crippen LogP contribution in [0.1, 0.15) is 6.92 Å². The Kier molecular flexibility index (Phi) is 2.53. The lowest BCUT2D eigenvalue weighted by atomic mass is 10.4. The lowest BCUT2D eigenvalue weighted by Crippen LogP contribution is -1.96. The van der Waals surface area contributed by atoms with Gasteiger partial charge in [0.2, 0.25) is 0 Å². The molecule has 0 saturated heterocycles. The highest BCUT2D eigenvalue weighted by Crippen LogP contribution is 2.14. The molecule has 2 rings (SSSR count). The van der Waals surface area contributed by atoms with Crippen LogP contribution >= 0.6 is 0 Å². The van der Waals surface area contributed by atoms with E-state index in [9.17, 15) is 0 Å². The van der Waals surface area contributed by atoms with Crippen molar-refractivity contribution < 1.29 is 0 Å². The van der Waals surface area contributed by atoms with Crippen LogP contribution in [0.5, 0.6) is 0 Å². The molecule has 5 nitrogen and oxygen atoms in total. The van der Waals surface area contributed by atoms with Crippen molar-refractivity contribution in [3.63, 3.8) is 0 Å². The van der Waals surface area contributed by atoms with Crippen LogP contribution < -0.4 is 11.1 Å². The molecule has 0 atom stereocenters. The van der Waals surface area contributed by atoms with E-state index in [4.69, 9.17) is 5.73 Å². The Morgan fingerprint density at radius 3 is 3.00 bits per heavy atom. The number of rotatable bonds is 3. The Labute approximate surface area is 87.9 Å². The van der Waals surface area contributed by atoms with E-state index in [0.717, 1.165) is 18.1 Å². The molecule has 2 heterocycles. The summed E-state index contributed by atoms with van der Waals surface area (Å²) in [5.74, 6) is 1.23. The minimum Gasteiger partial charge on any atom is -0.384 e. The van der Waals surface area contributed by atoms with Gasteiger partial charge in [-0.25, -0.2) is 4.98 Å². The van der Waals surface area contributed by atoms with Crippen LogP contribution in [0.4, 0.5) is 17.3 Å². The fourth-order valence-electron chi connectivity index (χ4n) is 1.27. The normalized spacial score (nSPS) is 10.2. The molecule has 78 valence electrons. The largest absolute Gasteiger partial charge is 0.384 e. The second-order valence-electron chi connectivity index (χ2n) is 3.16. The molecule has 0 unspecified atom stereocenters. The second kappa shape index (κ2) is 4.00. The van der Waals surface area contributed by atoms with Gasteiger partial charge < -0.3 is 11.1 Å². The molecule has 0 amide bonds. The van der Waals surface area contributed by atoms with Gasteiger partial charge in [0.25, 0.3) is 0 Å². The fraction of sp³-hybridized carbons (Fsp3) is 0.200. The Hall–Kier alpha value is -2.04. The van der Waals surface area contributed by atoms with E-state index in [1.807, 2.05) is 29.9 Å². The van der Waals surface area contributed by atoms with E-state index in [-0.39, 0.29) is 0 Å². The maximum atomic E-state index is 5.57. The van der Waals surface area contributed by atoms with Crippen molar-refractivity contribution in [2.45, 2.75) is 13.5 Å². The molecule has 3 N–H and O–H groups in total. The number of hydrogen-bond acceptors (Lipinski definition) is 4. The average Bonchev–Trinajstić information content (AvgIpc) is 2.65. The number of nitrogens with one attached hydrogen (secondary N) is 1. The number of nitrogen functional groups attached to an aromatic ring is 1. The van der Waals surface area contributed by atoms with Crippen LogP contribution in [-0.2, 0) is 6.54 Å². The molecule has 0 saturated carbocycles. The summed E-state index contributed by atoms with van der Waals surface area (Å²) in [7, 11) is 0. The summed E-state index contributed by atoms with van der Waals surface area (Å²) >= 11 is 0. The fourth-order valence-corrected chi connectivity index (χ4v) is 1.27. The van der Waals surface area contributed by atoms with Crippen molar-refractivity contribution in [1.29, 1.82) is 0 Å². The zero-order chi connectivity index (χ0) is 10.7. The number of hydrogen-bond donors (Lipinski definition) is 2. The maximum Gasteiger partial charge on any atom is 0.132 e. The molecule has 0 radical (unpaired) electrons. The van der Waals surface area contributed by atoms with Crippen LogP contribution in [0, 0.1) is 0 Å². The highest BCUT2D eigenvalue weighted by Gasteiger charge is 1.98. The average molecular weight is 203 g/mol. The van der Waals surface area contributed by atoms with E-state index in [0.29, 0.717) is 5.82 Å². The molecule has 5 heteroatoms. The third kappa shape index (κ3) is 2.25. The van der Waals surface area contributed by atoms with Gasteiger partial charge in [0.05, 0.1) is 11.9 Å². The molecule has 15 heavy (non-hydrogen) atoms. The van der Waals surface area contributed by atoms with Crippen LogP contribution in [0.2, 0.25) is 0 Å². The molecule has 0 aliphatic rings.